The molecule has 0 unspecified atom stereocenters. The quantitative estimate of drug-likeness (QED) is 0.797. The summed E-state index contributed by atoms with van der Waals surface area (Å²) in [5.41, 5.74) is 4.32. The Bertz CT molecular complexity index is 667. The second-order valence-corrected chi connectivity index (χ2v) is 6.14. The number of hydrogen-bond acceptors (Lipinski definition) is 4. The molecule has 0 bridgehead atoms. The summed E-state index contributed by atoms with van der Waals surface area (Å²) in [5.74, 6) is 0. The molecule has 0 amide bonds. The Hall–Kier alpha value is -1.86. The van der Waals surface area contributed by atoms with E-state index in [1.165, 1.54) is 17.7 Å². The third-order valence-electron chi connectivity index (χ3n) is 3.58. The molecular formula is C15H15N3S. The van der Waals surface area contributed by atoms with Crippen LogP contribution in [0.3, 0.4) is 0 Å². The molecule has 96 valence electrons. The fourth-order valence-electron chi connectivity index (χ4n) is 2.60. The molecule has 0 saturated heterocycles. The number of nitriles is 1. The molecular weight excluding hydrogens is 254 g/mol. The van der Waals surface area contributed by atoms with Crippen molar-refractivity contribution in [2.45, 2.75) is 19.8 Å². The van der Waals surface area contributed by atoms with E-state index in [1.807, 2.05) is 19.2 Å². The Labute approximate surface area is 117 Å². The van der Waals surface area contributed by atoms with Crippen molar-refractivity contribution in [2.75, 3.05) is 18.5 Å². The molecule has 1 aromatic carbocycles. The van der Waals surface area contributed by atoms with Crippen LogP contribution in [0.15, 0.2) is 18.3 Å². The first kappa shape index (κ1) is 12.2. The highest BCUT2D eigenvalue weighted by atomic mass is 32.1. The number of fused-ring (bicyclic) bond motifs is 1. The first-order valence-electron chi connectivity index (χ1n) is 6.40. The number of aromatic nitrogens is 1. The minimum Gasteiger partial charge on any atom is -0.374 e. The van der Waals surface area contributed by atoms with Gasteiger partial charge in [0.2, 0.25) is 0 Å². The lowest BCUT2D eigenvalue weighted by Crippen LogP contribution is -2.24. The molecule has 1 aliphatic rings. The lowest BCUT2D eigenvalue weighted by molar-refractivity contribution is 0.744. The van der Waals surface area contributed by atoms with Gasteiger partial charge in [-0.2, -0.15) is 5.26 Å². The van der Waals surface area contributed by atoms with E-state index < -0.39 is 0 Å². The summed E-state index contributed by atoms with van der Waals surface area (Å²) in [6.45, 7) is 3.06. The number of rotatable bonds is 1. The predicted molar refractivity (Wildman–Crippen MR) is 78.6 cm³/mol. The number of anilines is 1. The van der Waals surface area contributed by atoms with Gasteiger partial charge in [-0.1, -0.05) is 0 Å². The van der Waals surface area contributed by atoms with Gasteiger partial charge < -0.3 is 4.90 Å². The van der Waals surface area contributed by atoms with Crippen molar-refractivity contribution in [3.63, 3.8) is 0 Å². The van der Waals surface area contributed by atoms with Crippen LogP contribution in [0.2, 0.25) is 0 Å². The van der Waals surface area contributed by atoms with Gasteiger partial charge in [-0.3, -0.25) is 0 Å². The molecule has 3 nitrogen and oxygen atoms in total. The highest BCUT2D eigenvalue weighted by Gasteiger charge is 2.18. The van der Waals surface area contributed by atoms with Crippen molar-refractivity contribution in [3.8, 4) is 16.5 Å². The molecule has 1 aromatic heterocycles. The highest BCUT2D eigenvalue weighted by Crippen LogP contribution is 2.35. The number of hydrogen-bond donors (Lipinski definition) is 0. The molecule has 2 aromatic rings. The van der Waals surface area contributed by atoms with Crippen LogP contribution in [0.4, 0.5) is 5.69 Å². The van der Waals surface area contributed by atoms with Gasteiger partial charge in [0, 0.05) is 31.0 Å². The van der Waals surface area contributed by atoms with Crippen LogP contribution in [0.1, 0.15) is 22.6 Å². The second kappa shape index (κ2) is 4.67. The Balaban J connectivity index is 2.18. The van der Waals surface area contributed by atoms with E-state index in [4.69, 9.17) is 0 Å². The maximum absolute atomic E-state index is 9.39. The summed E-state index contributed by atoms with van der Waals surface area (Å²) in [6, 6.07) is 6.53. The smallest absolute Gasteiger partial charge is 0.0999 e. The van der Waals surface area contributed by atoms with Crippen LogP contribution >= 0.6 is 11.3 Å². The highest BCUT2D eigenvalue weighted by molar-refractivity contribution is 7.15. The van der Waals surface area contributed by atoms with Crippen LogP contribution < -0.4 is 4.90 Å². The predicted octanol–water partition coefficient (Wildman–Crippen LogP) is 3.37. The zero-order valence-corrected chi connectivity index (χ0v) is 11.9. The van der Waals surface area contributed by atoms with E-state index in [0.29, 0.717) is 0 Å². The summed E-state index contributed by atoms with van der Waals surface area (Å²) < 4.78 is 0. The van der Waals surface area contributed by atoms with Crippen LogP contribution in [0.5, 0.6) is 0 Å². The molecule has 0 N–H and O–H groups in total. The van der Waals surface area contributed by atoms with Crippen molar-refractivity contribution in [2.24, 2.45) is 0 Å². The molecule has 19 heavy (non-hydrogen) atoms. The number of benzene rings is 1. The van der Waals surface area contributed by atoms with Gasteiger partial charge in [0.25, 0.3) is 0 Å². The zero-order valence-electron chi connectivity index (χ0n) is 11.1. The number of aryl methyl sites for hydroxylation is 2. The van der Waals surface area contributed by atoms with E-state index in [1.54, 1.807) is 11.3 Å². The molecule has 0 aliphatic carbocycles. The molecule has 2 heterocycles. The third kappa shape index (κ3) is 2.11. The molecule has 0 atom stereocenters. The average molecular weight is 269 g/mol. The number of thiazole rings is 1. The van der Waals surface area contributed by atoms with Crippen LogP contribution in [0.25, 0.3) is 10.4 Å². The van der Waals surface area contributed by atoms with Gasteiger partial charge in [-0.25, -0.2) is 4.98 Å². The van der Waals surface area contributed by atoms with Crippen molar-refractivity contribution >= 4 is 17.0 Å². The maximum atomic E-state index is 9.39. The third-order valence-corrected chi connectivity index (χ3v) is 4.52. The van der Waals surface area contributed by atoms with Crippen molar-refractivity contribution in [1.29, 1.82) is 5.26 Å². The van der Waals surface area contributed by atoms with E-state index in [-0.39, 0.29) is 0 Å². The monoisotopic (exact) mass is 269 g/mol. The Kier molecular flexibility index (Phi) is 3.00. The summed E-state index contributed by atoms with van der Waals surface area (Å²) >= 11 is 1.65. The number of nitrogens with zero attached hydrogens (tertiary/aromatic N) is 3. The van der Waals surface area contributed by atoms with E-state index >= 15 is 0 Å². The molecule has 0 saturated carbocycles. The fourth-order valence-corrected chi connectivity index (χ4v) is 3.41. The van der Waals surface area contributed by atoms with Gasteiger partial charge in [0.15, 0.2) is 0 Å². The largest absolute Gasteiger partial charge is 0.374 e. The maximum Gasteiger partial charge on any atom is 0.0999 e. The minimum atomic E-state index is 0.746. The standard InChI is InChI=1S/C15H15N3S/c1-10-17-9-15(19-10)13-6-11-4-3-5-18(2)14(11)7-12(13)8-16/h6-7,9H,3-5H2,1-2H3. The van der Waals surface area contributed by atoms with Gasteiger partial charge >= 0.3 is 0 Å². The minimum absolute atomic E-state index is 0.746. The molecule has 0 fully saturated rings. The zero-order chi connectivity index (χ0) is 13.4. The second-order valence-electron chi connectivity index (χ2n) is 4.91. The van der Waals surface area contributed by atoms with E-state index in [0.717, 1.165) is 34.0 Å². The molecule has 1 aliphatic heterocycles. The van der Waals surface area contributed by atoms with E-state index in [2.05, 4.69) is 29.1 Å². The van der Waals surface area contributed by atoms with Gasteiger partial charge in [-0.05, 0) is 37.5 Å². The lowest BCUT2D eigenvalue weighted by Gasteiger charge is -2.28. The van der Waals surface area contributed by atoms with Gasteiger partial charge in [0.05, 0.1) is 21.5 Å². The first-order valence-corrected chi connectivity index (χ1v) is 7.21. The first-order chi connectivity index (χ1) is 9.19. The lowest BCUT2D eigenvalue weighted by atomic mass is 9.95. The van der Waals surface area contributed by atoms with Crippen molar-refractivity contribution in [1.82, 2.24) is 4.98 Å². The van der Waals surface area contributed by atoms with Crippen LogP contribution in [-0.2, 0) is 6.42 Å². The molecule has 0 spiro atoms. The van der Waals surface area contributed by atoms with Crippen LogP contribution in [0, 0.1) is 18.3 Å². The Morgan fingerprint density at radius 3 is 2.95 bits per heavy atom. The summed E-state index contributed by atoms with van der Waals surface area (Å²) in [7, 11) is 2.09. The fraction of sp³-hybridized carbons (Fsp3) is 0.333. The summed E-state index contributed by atoms with van der Waals surface area (Å²) in [5, 5.41) is 10.4. The van der Waals surface area contributed by atoms with Crippen molar-refractivity contribution < 1.29 is 0 Å². The normalized spacial score (nSPS) is 14.1. The van der Waals surface area contributed by atoms with Gasteiger partial charge in [0.1, 0.15) is 0 Å². The topological polar surface area (TPSA) is 39.9 Å². The summed E-state index contributed by atoms with van der Waals surface area (Å²) in [4.78, 5) is 7.62. The molecule has 0 radical (unpaired) electrons. The Morgan fingerprint density at radius 1 is 1.42 bits per heavy atom. The van der Waals surface area contributed by atoms with E-state index in [9.17, 15) is 5.26 Å². The average Bonchev–Trinajstić information content (AvgIpc) is 2.84. The van der Waals surface area contributed by atoms with Gasteiger partial charge in [-0.15, -0.1) is 11.3 Å². The SMILES string of the molecule is Cc1ncc(-c2cc3c(cc2C#N)N(C)CCC3)s1. The van der Waals surface area contributed by atoms with Crippen molar-refractivity contribution in [3.05, 3.63) is 34.5 Å². The Morgan fingerprint density at radius 2 is 2.26 bits per heavy atom. The summed E-state index contributed by atoms with van der Waals surface area (Å²) in [6.07, 6.45) is 4.14. The van der Waals surface area contributed by atoms with Crippen LogP contribution in [-0.4, -0.2) is 18.6 Å². The molecule has 4 heteroatoms. The molecule has 3 rings (SSSR count).